The van der Waals surface area contributed by atoms with E-state index in [9.17, 15) is 9.59 Å². The van der Waals surface area contributed by atoms with Gasteiger partial charge in [-0.2, -0.15) is 0 Å². The minimum atomic E-state index is -0.731. The van der Waals surface area contributed by atoms with E-state index in [1.165, 1.54) is 0 Å². The molecular weight excluding hydrogens is 278 g/mol. The van der Waals surface area contributed by atoms with Crippen LogP contribution in [0, 0.1) is 5.92 Å². The summed E-state index contributed by atoms with van der Waals surface area (Å²) in [7, 11) is 0. The zero-order chi connectivity index (χ0) is 17.1. The van der Waals surface area contributed by atoms with E-state index in [0.717, 1.165) is 19.3 Å². The first-order valence-electron chi connectivity index (χ1n) is 8.45. The Morgan fingerprint density at radius 3 is 2.36 bits per heavy atom. The van der Waals surface area contributed by atoms with Gasteiger partial charge in [0.15, 0.2) is 0 Å². The first-order chi connectivity index (χ1) is 10.0. The number of nitrogens with one attached hydrogen (secondary N) is 1. The Kier molecular flexibility index (Phi) is 6.02. The molecule has 0 unspecified atom stereocenters. The molecule has 0 aromatic rings. The van der Waals surface area contributed by atoms with Crippen molar-refractivity contribution in [1.29, 1.82) is 0 Å². The molecule has 0 saturated carbocycles. The Bertz CT molecular complexity index is 415. The van der Waals surface area contributed by atoms with Gasteiger partial charge in [0.25, 0.3) is 0 Å². The summed E-state index contributed by atoms with van der Waals surface area (Å²) in [4.78, 5) is 27.5. The minimum Gasteiger partial charge on any atom is -0.349 e. The minimum absolute atomic E-state index is 0.0383. The SMILES string of the molecule is CCC[C@@]1(C(=O)NC(C)(C)C)CCCN1C(=O)[C@@H](N)C(C)C. The highest BCUT2D eigenvalue weighted by molar-refractivity contribution is 5.94. The number of hydrogen-bond acceptors (Lipinski definition) is 3. The first kappa shape index (κ1) is 18.9. The number of likely N-dealkylation sites (tertiary alicyclic amines) is 1. The highest BCUT2D eigenvalue weighted by Gasteiger charge is 2.50. The van der Waals surface area contributed by atoms with Gasteiger partial charge >= 0.3 is 0 Å². The molecule has 128 valence electrons. The second kappa shape index (κ2) is 6.99. The molecule has 0 aromatic carbocycles. The van der Waals surface area contributed by atoms with Crippen LogP contribution in [0.3, 0.4) is 0 Å². The smallest absolute Gasteiger partial charge is 0.246 e. The number of hydrogen-bond donors (Lipinski definition) is 2. The van der Waals surface area contributed by atoms with Gasteiger partial charge in [-0.1, -0.05) is 27.2 Å². The summed E-state index contributed by atoms with van der Waals surface area (Å²) in [6, 6.07) is -0.545. The predicted molar refractivity (Wildman–Crippen MR) is 89.3 cm³/mol. The van der Waals surface area contributed by atoms with E-state index >= 15 is 0 Å². The number of rotatable bonds is 5. The quantitative estimate of drug-likeness (QED) is 0.816. The zero-order valence-electron chi connectivity index (χ0n) is 15.0. The van der Waals surface area contributed by atoms with Crippen LogP contribution in [0.15, 0.2) is 0 Å². The van der Waals surface area contributed by atoms with Crippen molar-refractivity contribution in [3.8, 4) is 0 Å². The summed E-state index contributed by atoms with van der Waals surface area (Å²) in [5, 5.41) is 3.07. The van der Waals surface area contributed by atoms with Crippen LogP contribution in [-0.4, -0.2) is 40.4 Å². The molecule has 5 nitrogen and oxygen atoms in total. The highest BCUT2D eigenvalue weighted by atomic mass is 16.2. The van der Waals surface area contributed by atoms with E-state index < -0.39 is 11.6 Å². The molecule has 1 aliphatic rings. The van der Waals surface area contributed by atoms with Crippen LogP contribution in [0.2, 0.25) is 0 Å². The van der Waals surface area contributed by atoms with Crippen LogP contribution in [-0.2, 0) is 9.59 Å². The fraction of sp³-hybridized carbons (Fsp3) is 0.882. The van der Waals surface area contributed by atoms with Gasteiger partial charge in [0.05, 0.1) is 6.04 Å². The van der Waals surface area contributed by atoms with Gasteiger partial charge < -0.3 is 16.0 Å². The van der Waals surface area contributed by atoms with Gasteiger partial charge in [-0.25, -0.2) is 0 Å². The lowest BCUT2D eigenvalue weighted by atomic mass is 9.87. The molecule has 0 aliphatic carbocycles. The third-order valence-electron chi connectivity index (χ3n) is 4.33. The van der Waals surface area contributed by atoms with Crippen LogP contribution in [0.5, 0.6) is 0 Å². The second-order valence-corrected chi connectivity index (χ2v) is 7.85. The number of nitrogens with two attached hydrogens (primary N) is 1. The van der Waals surface area contributed by atoms with Crippen molar-refractivity contribution in [2.45, 2.75) is 84.3 Å². The van der Waals surface area contributed by atoms with Crippen LogP contribution < -0.4 is 11.1 Å². The predicted octanol–water partition coefficient (Wildman–Crippen LogP) is 2.05. The lowest BCUT2D eigenvalue weighted by Crippen LogP contribution is -2.63. The molecule has 5 heteroatoms. The Morgan fingerprint density at radius 1 is 1.32 bits per heavy atom. The molecule has 0 radical (unpaired) electrons. The van der Waals surface area contributed by atoms with Gasteiger partial charge in [0.2, 0.25) is 11.8 Å². The average Bonchev–Trinajstić information content (AvgIpc) is 2.80. The molecule has 1 saturated heterocycles. The Balaban J connectivity index is 3.09. The standard InChI is InChI=1S/C17H33N3O2/c1-7-9-17(15(22)19-16(4,5)6)10-8-11-20(17)14(21)13(18)12(2)3/h12-13H,7-11,18H2,1-6H3,(H,19,22)/t13-,17-/m0/s1. The summed E-state index contributed by atoms with van der Waals surface area (Å²) in [6.45, 7) is 12.4. The second-order valence-electron chi connectivity index (χ2n) is 7.85. The molecule has 2 amide bonds. The maximum absolute atomic E-state index is 12.9. The molecule has 0 bridgehead atoms. The highest BCUT2D eigenvalue weighted by Crippen LogP contribution is 2.35. The van der Waals surface area contributed by atoms with Crippen LogP contribution in [0.1, 0.15) is 67.2 Å². The van der Waals surface area contributed by atoms with Gasteiger partial charge in [-0.15, -0.1) is 0 Å². The molecule has 22 heavy (non-hydrogen) atoms. The first-order valence-corrected chi connectivity index (χ1v) is 8.45. The maximum atomic E-state index is 12.9. The van der Waals surface area contributed by atoms with Crippen molar-refractivity contribution < 1.29 is 9.59 Å². The fourth-order valence-electron chi connectivity index (χ4n) is 3.14. The van der Waals surface area contributed by atoms with E-state index in [0.29, 0.717) is 13.0 Å². The third-order valence-corrected chi connectivity index (χ3v) is 4.33. The molecule has 3 N–H and O–H groups in total. The van der Waals surface area contributed by atoms with Gasteiger partial charge in [-0.3, -0.25) is 9.59 Å². The number of amides is 2. The van der Waals surface area contributed by atoms with Crippen LogP contribution in [0.4, 0.5) is 0 Å². The van der Waals surface area contributed by atoms with E-state index in [-0.39, 0.29) is 23.3 Å². The van der Waals surface area contributed by atoms with Crippen molar-refractivity contribution in [2.24, 2.45) is 11.7 Å². The molecule has 0 spiro atoms. The van der Waals surface area contributed by atoms with E-state index in [2.05, 4.69) is 12.2 Å². The Hall–Kier alpha value is -1.10. The van der Waals surface area contributed by atoms with Crippen molar-refractivity contribution in [3.63, 3.8) is 0 Å². The normalized spacial score (nSPS) is 23.7. The van der Waals surface area contributed by atoms with Crippen molar-refractivity contribution in [2.75, 3.05) is 6.54 Å². The molecule has 0 aromatic heterocycles. The summed E-state index contributed by atoms with van der Waals surface area (Å²) < 4.78 is 0. The van der Waals surface area contributed by atoms with E-state index in [1.807, 2.05) is 34.6 Å². The molecule has 1 aliphatic heterocycles. The lowest BCUT2D eigenvalue weighted by Gasteiger charge is -2.40. The lowest BCUT2D eigenvalue weighted by molar-refractivity contribution is -0.148. The monoisotopic (exact) mass is 311 g/mol. The Labute approximate surface area is 135 Å². The van der Waals surface area contributed by atoms with E-state index in [4.69, 9.17) is 5.73 Å². The maximum Gasteiger partial charge on any atom is 0.246 e. The van der Waals surface area contributed by atoms with E-state index in [1.54, 1.807) is 4.90 Å². The van der Waals surface area contributed by atoms with Crippen molar-refractivity contribution >= 4 is 11.8 Å². The van der Waals surface area contributed by atoms with Gasteiger partial charge in [0.1, 0.15) is 5.54 Å². The van der Waals surface area contributed by atoms with Gasteiger partial charge in [0, 0.05) is 12.1 Å². The molecular formula is C17H33N3O2. The molecule has 1 fully saturated rings. The van der Waals surface area contributed by atoms with Crippen molar-refractivity contribution in [3.05, 3.63) is 0 Å². The van der Waals surface area contributed by atoms with Gasteiger partial charge in [-0.05, 0) is 46.0 Å². The van der Waals surface area contributed by atoms with Crippen molar-refractivity contribution in [1.82, 2.24) is 10.2 Å². The zero-order valence-corrected chi connectivity index (χ0v) is 15.0. The average molecular weight is 311 g/mol. The summed E-state index contributed by atoms with van der Waals surface area (Å²) in [5.41, 5.74) is 5.02. The number of carbonyl (C=O) groups excluding carboxylic acids is 2. The molecule has 1 rings (SSSR count). The summed E-state index contributed by atoms with van der Waals surface area (Å²) in [6.07, 6.45) is 3.12. The molecule has 2 atom stereocenters. The fourth-order valence-corrected chi connectivity index (χ4v) is 3.14. The number of carbonyl (C=O) groups is 2. The Morgan fingerprint density at radius 2 is 1.91 bits per heavy atom. The third kappa shape index (κ3) is 4.00. The summed E-state index contributed by atoms with van der Waals surface area (Å²) in [5.74, 6) is -0.0632. The number of nitrogens with zero attached hydrogens (tertiary/aromatic N) is 1. The van der Waals surface area contributed by atoms with Crippen LogP contribution in [0.25, 0.3) is 0 Å². The topological polar surface area (TPSA) is 75.4 Å². The van der Waals surface area contributed by atoms with Crippen LogP contribution >= 0.6 is 0 Å². The molecule has 1 heterocycles. The summed E-state index contributed by atoms with van der Waals surface area (Å²) >= 11 is 0. The largest absolute Gasteiger partial charge is 0.349 e.